The van der Waals surface area contributed by atoms with Crippen LogP contribution in [-0.4, -0.2) is 24.2 Å². The molecule has 212 valence electrons. The van der Waals surface area contributed by atoms with E-state index in [-0.39, 0.29) is 5.91 Å². The predicted octanol–water partition coefficient (Wildman–Crippen LogP) is 8.74. The molecule has 0 aliphatic rings. The van der Waals surface area contributed by atoms with Gasteiger partial charge in [0.2, 0.25) is 0 Å². The molecule has 5 rings (SSSR count). The molecule has 7 nitrogen and oxygen atoms in total. The summed E-state index contributed by atoms with van der Waals surface area (Å²) in [5.41, 5.74) is 8.76. The fourth-order valence-electron chi connectivity index (χ4n) is 3.91. The fourth-order valence-corrected chi connectivity index (χ4v) is 5.33. The maximum atomic E-state index is 12.7. The highest BCUT2D eigenvalue weighted by atomic mass is 79.9. The SMILES string of the molecule is COc1cc(/C=N\NC(=O)c2ccc(-c3csc(Nc4ccc(C)cc4)n3)cc2)c(Br)cc1OCc1ccc(Br)cc1. The number of thiazole rings is 1. The van der Waals surface area contributed by atoms with Gasteiger partial charge in [-0.05, 0) is 76.9 Å². The fraction of sp³-hybridized carbons (Fsp3) is 0.0938. The van der Waals surface area contributed by atoms with Crippen molar-refractivity contribution in [1.29, 1.82) is 0 Å². The molecule has 0 atom stereocenters. The van der Waals surface area contributed by atoms with Gasteiger partial charge in [0.05, 0.1) is 19.0 Å². The van der Waals surface area contributed by atoms with E-state index in [1.54, 1.807) is 31.5 Å². The summed E-state index contributed by atoms with van der Waals surface area (Å²) in [5.74, 6) is 0.819. The van der Waals surface area contributed by atoms with Crippen LogP contribution >= 0.6 is 43.2 Å². The van der Waals surface area contributed by atoms with Gasteiger partial charge < -0.3 is 14.8 Å². The molecule has 0 fully saturated rings. The van der Waals surface area contributed by atoms with Crippen LogP contribution in [0.5, 0.6) is 11.5 Å². The largest absolute Gasteiger partial charge is 0.493 e. The molecule has 0 spiro atoms. The number of carbonyl (C=O) groups is 1. The normalized spacial score (nSPS) is 11.0. The number of hydrogen-bond donors (Lipinski definition) is 2. The van der Waals surface area contributed by atoms with E-state index in [9.17, 15) is 4.79 Å². The number of methoxy groups -OCH3 is 1. The molecular weight excluding hydrogens is 680 g/mol. The zero-order chi connectivity index (χ0) is 29.5. The van der Waals surface area contributed by atoms with Crippen LogP contribution in [0.15, 0.2) is 104 Å². The van der Waals surface area contributed by atoms with Crippen LogP contribution in [0.4, 0.5) is 10.8 Å². The van der Waals surface area contributed by atoms with Gasteiger partial charge >= 0.3 is 0 Å². The molecule has 0 saturated carbocycles. The van der Waals surface area contributed by atoms with E-state index in [4.69, 9.17) is 9.47 Å². The molecule has 0 bridgehead atoms. The average Bonchev–Trinajstić information content (AvgIpc) is 3.47. The summed E-state index contributed by atoms with van der Waals surface area (Å²) >= 11 is 8.52. The van der Waals surface area contributed by atoms with Gasteiger partial charge in [-0.15, -0.1) is 11.3 Å². The van der Waals surface area contributed by atoms with Crippen LogP contribution in [0.25, 0.3) is 11.3 Å². The number of hydrazone groups is 1. The number of nitrogens with zero attached hydrogens (tertiary/aromatic N) is 2. The Hall–Kier alpha value is -3.99. The molecule has 0 aliphatic heterocycles. The minimum atomic E-state index is -0.324. The summed E-state index contributed by atoms with van der Waals surface area (Å²) in [7, 11) is 1.58. The lowest BCUT2D eigenvalue weighted by Crippen LogP contribution is -2.17. The molecule has 10 heteroatoms. The van der Waals surface area contributed by atoms with Gasteiger partial charge in [0, 0.05) is 36.7 Å². The Kier molecular flexibility index (Phi) is 9.68. The lowest BCUT2D eigenvalue weighted by Gasteiger charge is -2.13. The van der Waals surface area contributed by atoms with Crippen LogP contribution in [0, 0.1) is 6.92 Å². The third-order valence-corrected chi connectivity index (χ3v) is 8.18. The van der Waals surface area contributed by atoms with Crippen LogP contribution in [0.2, 0.25) is 0 Å². The Morgan fingerprint density at radius 3 is 2.43 bits per heavy atom. The van der Waals surface area contributed by atoms with E-state index in [0.29, 0.717) is 23.7 Å². The molecule has 0 aliphatic carbocycles. The van der Waals surface area contributed by atoms with Crippen molar-refractivity contribution in [2.24, 2.45) is 5.10 Å². The molecule has 0 radical (unpaired) electrons. The number of nitrogens with one attached hydrogen (secondary N) is 2. The topological polar surface area (TPSA) is 84.8 Å². The summed E-state index contributed by atoms with van der Waals surface area (Å²) in [6, 6.07) is 26.9. The number of ether oxygens (including phenoxy) is 2. The second kappa shape index (κ2) is 13.8. The van der Waals surface area contributed by atoms with Crippen LogP contribution in [0.3, 0.4) is 0 Å². The van der Waals surface area contributed by atoms with Crippen molar-refractivity contribution >= 4 is 66.1 Å². The van der Waals surface area contributed by atoms with Crippen molar-refractivity contribution in [2.45, 2.75) is 13.5 Å². The standard InChI is InChI=1S/C32H26Br2N4O3S/c1-20-3-13-26(14-4-20)36-32-37-28(19-42-32)22-7-9-23(10-8-22)31(39)38-35-17-24-15-29(40-2)30(16-27(24)34)41-18-21-5-11-25(33)12-6-21/h3-17,19H,18H2,1-2H3,(H,36,37)(H,38,39)/b35-17-. The first kappa shape index (κ1) is 29.5. The maximum absolute atomic E-state index is 12.7. The number of carbonyl (C=O) groups excluding carboxylic acids is 1. The number of hydrogen-bond acceptors (Lipinski definition) is 7. The predicted molar refractivity (Wildman–Crippen MR) is 176 cm³/mol. The van der Waals surface area contributed by atoms with Gasteiger partial charge in [-0.3, -0.25) is 4.79 Å². The Morgan fingerprint density at radius 1 is 0.976 bits per heavy atom. The van der Waals surface area contributed by atoms with Gasteiger partial charge in [-0.25, -0.2) is 10.4 Å². The average molecular weight is 706 g/mol. The molecular formula is C32H26Br2N4O3S. The molecule has 1 aromatic heterocycles. The Morgan fingerprint density at radius 2 is 1.71 bits per heavy atom. The monoisotopic (exact) mass is 704 g/mol. The number of amides is 1. The summed E-state index contributed by atoms with van der Waals surface area (Å²) in [4.78, 5) is 17.4. The zero-order valence-corrected chi connectivity index (χ0v) is 26.7. The summed E-state index contributed by atoms with van der Waals surface area (Å²) in [6.07, 6.45) is 1.55. The zero-order valence-electron chi connectivity index (χ0n) is 22.7. The van der Waals surface area contributed by atoms with Gasteiger partial charge in [0.25, 0.3) is 5.91 Å². The highest BCUT2D eigenvalue weighted by Crippen LogP contribution is 2.33. The second-order valence-electron chi connectivity index (χ2n) is 9.25. The highest BCUT2D eigenvalue weighted by Gasteiger charge is 2.11. The van der Waals surface area contributed by atoms with Crippen LogP contribution in [-0.2, 0) is 6.61 Å². The molecule has 2 N–H and O–H groups in total. The first-order valence-electron chi connectivity index (χ1n) is 12.9. The van der Waals surface area contributed by atoms with E-state index in [1.165, 1.54) is 16.9 Å². The molecule has 1 amide bonds. The maximum Gasteiger partial charge on any atom is 0.271 e. The minimum absolute atomic E-state index is 0.324. The second-order valence-corrected chi connectivity index (χ2v) is 11.9. The van der Waals surface area contributed by atoms with Crippen LogP contribution in [0.1, 0.15) is 27.0 Å². The van der Waals surface area contributed by atoms with Gasteiger partial charge in [-0.1, -0.05) is 57.9 Å². The quantitative estimate of drug-likeness (QED) is 0.112. The summed E-state index contributed by atoms with van der Waals surface area (Å²) in [5, 5.41) is 10.3. The van der Waals surface area contributed by atoms with E-state index in [0.717, 1.165) is 42.1 Å². The Balaban J connectivity index is 1.18. The minimum Gasteiger partial charge on any atom is -0.493 e. The lowest BCUT2D eigenvalue weighted by atomic mass is 10.1. The van der Waals surface area contributed by atoms with Crippen molar-refractivity contribution in [3.05, 3.63) is 122 Å². The van der Waals surface area contributed by atoms with Crippen molar-refractivity contribution < 1.29 is 14.3 Å². The van der Waals surface area contributed by atoms with Gasteiger partial charge in [0.15, 0.2) is 16.6 Å². The number of halogens is 2. The third kappa shape index (κ3) is 7.64. The lowest BCUT2D eigenvalue weighted by molar-refractivity contribution is 0.0955. The molecule has 5 aromatic rings. The van der Waals surface area contributed by atoms with Gasteiger partial charge in [-0.2, -0.15) is 5.10 Å². The van der Waals surface area contributed by atoms with Crippen molar-refractivity contribution in [2.75, 3.05) is 12.4 Å². The van der Waals surface area contributed by atoms with E-state index < -0.39 is 0 Å². The van der Waals surface area contributed by atoms with Gasteiger partial charge in [0.1, 0.15) is 6.61 Å². The number of benzene rings is 4. The number of rotatable bonds is 10. The van der Waals surface area contributed by atoms with Crippen molar-refractivity contribution in [1.82, 2.24) is 10.4 Å². The van der Waals surface area contributed by atoms with E-state index in [1.807, 2.05) is 60.0 Å². The smallest absolute Gasteiger partial charge is 0.271 e. The molecule has 42 heavy (non-hydrogen) atoms. The van der Waals surface area contributed by atoms with E-state index in [2.05, 4.69) is 71.7 Å². The summed E-state index contributed by atoms with van der Waals surface area (Å²) in [6.45, 7) is 2.45. The Bertz CT molecular complexity index is 1700. The summed E-state index contributed by atoms with van der Waals surface area (Å²) < 4.78 is 13.2. The third-order valence-electron chi connectivity index (χ3n) is 6.21. The number of anilines is 2. The van der Waals surface area contributed by atoms with Crippen molar-refractivity contribution in [3.63, 3.8) is 0 Å². The number of aromatic nitrogens is 1. The van der Waals surface area contributed by atoms with E-state index >= 15 is 0 Å². The number of aryl methyl sites for hydroxylation is 1. The molecule has 1 heterocycles. The highest BCUT2D eigenvalue weighted by molar-refractivity contribution is 9.10. The molecule has 4 aromatic carbocycles. The van der Waals surface area contributed by atoms with Crippen LogP contribution < -0.4 is 20.2 Å². The molecule has 0 unspecified atom stereocenters. The Labute approximate surface area is 264 Å². The molecule has 0 saturated heterocycles. The first-order valence-corrected chi connectivity index (χ1v) is 15.3. The first-order chi connectivity index (χ1) is 20.4. The van der Waals surface area contributed by atoms with Crippen molar-refractivity contribution in [3.8, 4) is 22.8 Å².